The van der Waals surface area contributed by atoms with E-state index in [-0.39, 0.29) is 11.9 Å². The average molecular weight is 570 g/mol. The fourth-order valence-electron chi connectivity index (χ4n) is 4.86. The normalized spacial score (nSPS) is 14.2. The van der Waals surface area contributed by atoms with Crippen LogP contribution in [0.5, 0.6) is 0 Å². The van der Waals surface area contributed by atoms with E-state index in [2.05, 4.69) is 37.6 Å². The first kappa shape index (κ1) is 27.7. The van der Waals surface area contributed by atoms with Crippen molar-refractivity contribution in [2.75, 3.05) is 25.5 Å². The molecule has 1 saturated heterocycles. The van der Waals surface area contributed by atoms with Gasteiger partial charge in [0.25, 0.3) is 0 Å². The third-order valence-corrected chi connectivity index (χ3v) is 6.98. The average Bonchev–Trinajstić information content (AvgIpc) is 3.70. The lowest BCUT2D eigenvalue weighted by Gasteiger charge is -2.31. The summed E-state index contributed by atoms with van der Waals surface area (Å²) in [6, 6.07) is 4.33. The number of fused-ring (bicyclic) bond motifs is 2. The number of hydrogen-bond acceptors (Lipinski definition) is 7. The van der Waals surface area contributed by atoms with E-state index in [1.807, 2.05) is 47.5 Å². The summed E-state index contributed by atoms with van der Waals surface area (Å²) in [6.07, 6.45) is 8.08. The fraction of sp³-hybridized carbons (Fsp3) is 0.296. The highest BCUT2D eigenvalue weighted by Gasteiger charge is 2.38. The van der Waals surface area contributed by atoms with Crippen LogP contribution in [-0.2, 0) is 9.59 Å². The minimum absolute atomic E-state index is 0.139. The number of furan rings is 1. The van der Waals surface area contributed by atoms with Gasteiger partial charge in [0.05, 0.1) is 24.0 Å². The molecule has 0 aliphatic carbocycles. The van der Waals surface area contributed by atoms with Crippen LogP contribution in [0.3, 0.4) is 0 Å². The van der Waals surface area contributed by atoms with Gasteiger partial charge in [-0.15, -0.1) is 0 Å². The third-order valence-electron chi connectivity index (χ3n) is 6.98. The van der Waals surface area contributed by atoms with E-state index in [1.54, 1.807) is 13.1 Å². The number of hydrogen-bond donors (Lipinski definition) is 3. The number of nitrogens with one attached hydrogen (secondary N) is 2. The Morgan fingerprint density at radius 1 is 1.15 bits per heavy atom. The zero-order valence-electron chi connectivity index (χ0n) is 22.1. The molecule has 1 amide bonds. The summed E-state index contributed by atoms with van der Waals surface area (Å²) in [7, 11) is 1.84. The summed E-state index contributed by atoms with van der Waals surface area (Å²) < 4.78 is 40.1. The van der Waals surface area contributed by atoms with Gasteiger partial charge >= 0.3 is 12.1 Å². The number of aromatic amines is 1. The molecule has 3 N–H and O–H groups in total. The molecule has 14 heteroatoms. The van der Waals surface area contributed by atoms with Crippen molar-refractivity contribution >= 4 is 39.6 Å². The van der Waals surface area contributed by atoms with Gasteiger partial charge in [-0.25, -0.2) is 9.78 Å². The molecule has 1 aliphatic heterocycles. The molecule has 0 radical (unpaired) electrons. The van der Waals surface area contributed by atoms with E-state index in [9.17, 15) is 18.0 Å². The molecule has 0 atom stereocenters. The van der Waals surface area contributed by atoms with Gasteiger partial charge in [-0.05, 0) is 25.0 Å². The van der Waals surface area contributed by atoms with Crippen LogP contribution in [0.15, 0.2) is 53.7 Å². The summed E-state index contributed by atoms with van der Waals surface area (Å²) in [5.41, 5.74) is 4.61. The van der Waals surface area contributed by atoms with Crippen molar-refractivity contribution in [3.63, 3.8) is 0 Å². The molecule has 11 nitrogen and oxygen atoms in total. The summed E-state index contributed by atoms with van der Waals surface area (Å²) in [5.74, 6) is -1.16. The number of alkyl halides is 3. The number of anilines is 1. The number of halogens is 3. The highest BCUT2D eigenvalue weighted by molar-refractivity contribution is 6.03. The zero-order valence-corrected chi connectivity index (χ0v) is 22.1. The molecule has 0 aromatic carbocycles. The molecule has 6 rings (SSSR count). The number of aliphatic carboxylic acids is 1. The number of carbonyl (C=O) groups is 2. The standard InChI is InChI=1S/C25H25N7O2.C2HF3O2/c1-15(33)31-7-4-17(5-8-31)32-14-16(10-30-32)20-11-29-25(26-2)24-19(20)9-23(34-24)21-12-28-22-13-27-6-3-18(21)22;3-2(4,5)1(6)7/h3,6,9-14,17,28H,4-5,7-8H2,1-2H3,(H,26,29);(H,6,7). The first-order chi connectivity index (χ1) is 19.6. The largest absolute Gasteiger partial charge is 0.490 e. The molecule has 0 saturated carbocycles. The molecule has 0 bridgehead atoms. The first-order valence-corrected chi connectivity index (χ1v) is 12.7. The van der Waals surface area contributed by atoms with Crippen molar-refractivity contribution in [1.82, 2.24) is 29.6 Å². The molecular weight excluding hydrogens is 543 g/mol. The van der Waals surface area contributed by atoms with Crippen LogP contribution in [0, 0.1) is 0 Å². The second-order valence-electron chi connectivity index (χ2n) is 9.50. The lowest BCUT2D eigenvalue weighted by Crippen LogP contribution is -2.37. The van der Waals surface area contributed by atoms with Crippen LogP contribution in [0.25, 0.3) is 44.3 Å². The Bertz CT molecular complexity index is 1710. The first-order valence-electron chi connectivity index (χ1n) is 12.7. The molecule has 5 aromatic rings. The Labute approximate surface area is 231 Å². The van der Waals surface area contributed by atoms with Gasteiger partial charge in [-0.2, -0.15) is 18.3 Å². The Morgan fingerprint density at radius 3 is 2.54 bits per heavy atom. The Hall–Kier alpha value is -4.88. The van der Waals surface area contributed by atoms with E-state index in [1.165, 1.54) is 0 Å². The van der Waals surface area contributed by atoms with E-state index >= 15 is 0 Å². The molecule has 6 heterocycles. The lowest BCUT2D eigenvalue weighted by molar-refractivity contribution is -0.192. The molecule has 1 fully saturated rings. The van der Waals surface area contributed by atoms with Gasteiger partial charge in [0.2, 0.25) is 5.91 Å². The predicted octanol–water partition coefficient (Wildman–Crippen LogP) is 5.09. The summed E-state index contributed by atoms with van der Waals surface area (Å²) >= 11 is 0. The SMILES string of the molecule is CNc1ncc(-c2cnn(C3CCN(C(C)=O)CC3)c2)c2cc(-c3c[nH]c4cnccc34)oc12.O=C(O)C(F)(F)F. The second kappa shape index (κ2) is 10.9. The van der Waals surface area contributed by atoms with Crippen LogP contribution < -0.4 is 5.32 Å². The number of carboxylic acids is 1. The summed E-state index contributed by atoms with van der Waals surface area (Å²) in [5, 5.41) is 17.0. The van der Waals surface area contributed by atoms with Crippen molar-refractivity contribution in [1.29, 1.82) is 0 Å². The molecule has 41 heavy (non-hydrogen) atoms. The van der Waals surface area contributed by atoms with Crippen molar-refractivity contribution < 1.29 is 32.3 Å². The van der Waals surface area contributed by atoms with Crippen molar-refractivity contribution in [2.45, 2.75) is 32.0 Å². The van der Waals surface area contributed by atoms with Gasteiger partial charge in [0.1, 0.15) is 5.76 Å². The predicted molar refractivity (Wildman–Crippen MR) is 144 cm³/mol. The monoisotopic (exact) mass is 569 g/mol. The highest BCUT2D eigenvalue weighted by atomic mass is 19.4. The number of pyridine rings is 2. The Kier molecular flexibility index (Phi) is 7.39. The minimum Gasteiger partial charge on any atom is -0.475 e. The van der Waals surface area contributed by atoms with Crippen LogP contribution in [0.1, 0.15) is 25.8 Å². The number of likely N-dealkylation sites (tertiary alicyclic amines) is 1. The quantitative estimate of drug-likeness (QED) is 0.272. The Balaban J connectivity index is 0.000000431. The van der Waals surface area contributed by atoms with Crippen LogP contribution in [-0.4, -0.2) is 72.9 Å². The summed E-state index contributed by atoms with van der Waals surface area (Å²) in [6.45, 7) is 3.16. The zero-order chi connectivity index (χ0) is 29.3. The second-order valence-corrected chi connectivity index (χ2v) is 9.50. The molecule has 5 aromatic heterocycles. The third kappa shape index (κ3) is 5.58. The number of piperidine rings is 1. The molecule has 214 valence electrons. The van der Waals surface area contributed by atoms with Gasteiger partial charge in [0.15, 0.2) is 11.4 Å². The number of carbonyl (C=O) groups excluding carboxylic acids is 1. The number of H-pyrrole nitrogens is 1. The van der Waals surface area contributed by atoms with Crippen LogP contribution in [0.4, 0.5) is 19.0 Å². The molecular formula is C27H26F3N7O4. The van der Waals surface area contributed by atoms with Gasteiger partial charge in [0, 0.05) is 79.3 Å². The molecule has 0 unspecified atom stereocenters. The van der Waals surface area contributed by atoms with Gasteiger partial charge in [-0.3, -0.25) is 14.5 Å². The number of rotatable bonds is 4. The van der Waals surface area contributed by atoms with Crippen LogP contribution in [0.2, 0.25) is 0 Å². The number of aromatic nitrogens is 5. The van der Waals surface area contributed by atoms with E-state index in [4.69, 9.17) is 14.3 Å². The number of nitrogens with zero attached hydrogens (tertiary/aromatic N) is 5. The maximum absolute atomic E-state index is 11.6. The van der Waals surface area contributed by atoms with Crippen LogP contribution >= 0.6 is 0 Å². The van der Waals surface area contributed by atoms with Crippen molar-refractivity contribution in [3.05, 3.63) is 49.3 Å². The number of amides is 1. The van der Waals surface area contributed by atoms with E-state index in [0.29, 0.717) is 11.4 Å². The Morgan fingerprint density at radius 2 is 1.88 bits per heavy atom. The highest BCUT2D eigenvalue weighted by Crippen LogP contribution is 2.39. The van der Waals surface area contributed by atoms with E-state index in [0.717, 1.165) is 64.7 Å². The molecule has 0 spiro atoms. The van der Waals surface area contributed by atoms with Gasteiger partial charge in [-0.1, -0.05) is 0 Å². The summed E-state index contributed by atoms with van der Waals surface area (Å²) in [4.78, 5) is 34.5. The minimum atomic E-state index is -5.08. The maximum Gasteiger partial charge on any atom is 0.490 e. The lowest BCUT2D eigenvalue weighted by atomic mass is 10.0. The topological polar surface area (TPSA) is 142 Å². The van der Waals surface area contributed by atoms with Crippen molar-refractivity contribution in [3.8, 4) is 22.5 Å². The smallest absolute Gasteiger partial charge is 0.475 e. The van der Waals surface area contributed by atoms with Crippen molar-refractivity contribution in [2.24, 2.45) is 0 Å². The number of carboxylic acid groups (broad SMARTS) is 1. The van der Waals surface area contributed by atoms with Gasteiger partial charge < -0.3 is 24.7 Å². The molecule has 1 aliphatic rings. The van der Waals surface area contributed by atoms with E-state index < -0.39 is 12.1 Å². The fourth-order valence-corrected chi connectivity index (χ4v) is 4.86. The maximum atomic E-state index is 11.6.